The lowest BCUT2D eigenvalue weighted by Gasteiger charge is -2.25. The first-order valence-corrected chi connectivity index (χ1v) is 6.49. The average molecular weight is 233 g/mol. The van der Waals surface area contributed by atoms with Crippen LogP contribution in [0, 0.1) is 0 Å². The minimum absolute atomic E-state index is 0.132. The second-order valence-electron chi connectivity index (χ2n) is 5.85. The normalized spacial score (nSPS) is 18.1. The highest BCUT2D eigenvalue weighted by molar-refractivity contribution is 5.42. The van der Waals surface area contributed by atoms with E-state index in [9.17, 15) is 0 Å². The van der Waals surface area contributed by atoms with Crippen molar-refractivity contribution in [3.63, 3.8) is 0 Å². The number of hydrogen-bond acceptors (Lipinski definition) is 3. The van der Waals surface area contributed by atoms with Crippen LogP contribution in [0.1, 0.15) is 39.3 Å². The predicted octanol–water partition coefficient (Wildman–Crippen LogP) is 2.54. The minimum Gasteiger partial charge on any atom is -0.381 e. The molecule has 1 aromatic heterocycles. The third kappa shape index (κ3) is 3.43. The van der Waals surface area contributed by atoms with Gasteiger partial charge in [0.1, 0.15) is 0 Å². The maximum absolute atomic E-state index is 4.54. The van der Waals surface area contributed by atoms with Gasteiger partial charge >= 0.3 is 0 Å². The first-order chi connectivity index (χ1) is 8.05. The predicted molar refractivity (Wildman–Crippen MR) is 72.5 cm³/mol. The van der Waals surface area contributed by atoms with Crippen LogP contribution in [-0.2, 0) is 5.41 Å². The Hall–Kier alpha value is -1.09. The average Bonchev–Trinajstić information content (AvgIpc) is 2.30. The summed E-state index contributed by atoms with van der Waals surface area (Å²) in [5, 5.41) is 6.93. The molecule has 0 spiro atoms. The number of pyridine rings is 1. The molecule has 17 heavy (non-hydrogen) atoms. The largest absolute Gasteiger partial charge is 0.381 e. The van der Waals surface area contributed by atoms with Crippen molar-refractivity contribution in [2.24, 2.45) is 0 Å². The monoisotopic (exact) mass is 233 g/mol. The lowest BCUT2D eigenvalue weighted by molar-refractivity contribution is 0.479. The van der Waals surface area contributed by atoms with E-state index in [4.69, 9.17) is 0 Å². The number of nitrogens with one attached hydrogen (secondary N) is 2. The summed E-state index contributed by atoms with van der Waals surface area (Å²) in [6.45, 7) is 8.80. The molecule has 2 rings (SSSR count). The van der Waals surface area contributed by atoms with Crippen LogP contribution in [0.5, 0.6) is 0 Å². The van der Waals surface area contributed by atoms with Gasteiger partial charge in [-0.05, 0) is 38.1 Å². The summed E-state index contributed by atoms with van der Waals surface area (Å²) in [6.07, 6.45) is 4.35. The molecule has 1 saturated heterocycles. The zero-order chi connectivity index (χ0) is 12.3. The molecule has 1 fully saturated rings. The second-order valence-corrected chi connectivity index (χ2v) is 5.85. The molecule has 0 aliphatic carbocycles. The second kappa shape index (κ2) is 5.05. The molecule has 1 aliphatic rings. The van der Waals surface area contributed by atoms with Crippen molar-refractivity contribution in [3.8, 4) is 0 Å². The molecular formula is C14H23N3. The van der Waals surface area contributed by atoms with E-state index >= 15 is 0 Å². The van der Waals surface area contributed by atoms with Gasteiger partial charge < -0.3 is 10.6 Å². The summed E-state index contributed by atoms with van der Waals surface area (Å²) in [5.74, 6) is 0. The van der Waals surface area contributed by atoms with E-state index < -0.39 is 0 Å². The molecule has 3 heteroatoms. The summed E-state index contributed by atoms with van der Waals surface area (Å²) >= 11 is 0. The standard InChI is InChI=1S/C14H23N3/c1-14(2,3)13-5-4-12(10-16-13)17-11-6-8-15-9-7-11/h4-5,10-11,15,17H,6-9H2,1-3H3. The fourth-order valence-corrected chi connectivity index (χ4v) is 2.12. The lowest BCUT2D eigenvalue weighted by atomic mass is 9.92. The Balaban J connectivity index is 1.98. The topological polar surface area (TPSA) is 37.0 Å². The van der Waals surface area contributed by atoms with Crippen molar-refractivity contribution >= 4 is 5.69 Å². The Morgan fingerprint density at radius 2 is 1.94 bits per heavy atom. The number of nitrogens with zero attached hydrogens (tertiary/aromatic N) is 1. The van der Waals surface area contributed by atoms with E-state index in [0.717, 1.165) is 24.5 Å². The third-order valence-corrected chi connectivity index (χ3v) is 3.24. The van der Waals surface area contributed by atoms with Gasteiger partial charge in [-0.25, -0.2) is 0 Å². The highest BCUT2D eigenvalue weighted by Gasteiger charge is 2.16. The van der Waals surface area contributed by atoms with Crippen molar-refractivity contribution in [1.29, 1.82) is 0 Å². The number of hydrogen-bond donors (Lipinski definition) is 2. The Morgan fingerprint density at radius 1 is 1.24 bits per heavy atom. The van der Waals surface area contributed by atoms with Crippen LogP contribution in [0.3, 0.4) is 0 Å². The Labute approximate surface area is 104 Å². The molecule has 2 N–H and O–H groups in total. The molecule has 1 aromatic rings. The van der Waals surface area contributed by atoms with Gasteiger partial charge in [0.05, 0.1) is 11.9 Å². The van der Waals surface area contributed by atoms with Gasteiger partial charge in [-0.3, -0.25) is 4.98 Å². The highest BCUT2D eigenvalue weighted by Crippen LogP contribution is 2.21. The van der Waals surface area contributed by atoms with Crippen LogP contribution in [-0.4, -0.2) is 24.1 Å². The van der Waals surface area contributed by atoms with Gasteiger partial charge in [0.2, 0.25) is 0 Å². The molecule has 3 nitrogen and oxygen atoms in total. The summed E-state index contributed by atoms with van der Waals surface area (Å²) in [4.78, 5) is 4.54. The fraction of sp³-hybridized carbons (Fsp3) is 0.643. The first kappa shape index (κ1) is 12.4. The molecule has 0 unspecified atom stereocenters. The third-order valence-electron chi connectivity index (χ3n) is 3.24. The van der Waals surface area contributed by atoms with E-state index in [1.807, 2.05) is 6.20 Å². The van der Waals surface area contributed by atoms with Crippen molar-refractivity contribution < 1.29 is 0 Å². The smallest absolute Gasteiger partial charge is 0.0529 e. The van der Waals surface area contributed by atoms with Crippen LogP contribution < -0.4 is 10.6 Å². The maximum atomic E-state index is 4.54. The van der Waals surface area contributed by atoms with Crippen LogP contribution >= 0.6 is 0 Å². The van der Waals surface area contributed by atoms with Crippen molar-refractivity contribution in [3.05, 3.63) is 24.0 Å². The van der Waals surface area contributed by atoms with Crippen LogP contribution in [0.2, 0.25) is 0 Å². The van der Waals surface area contributed by atoms with Gasteiger partial charge in [0, 0.05) is 17.2 Å². The SMILES string of the molecule is CC(C)(C)c1ccc(NC2CCNCC2)cn1. The van der Waals surface area contributed by atoms with Crippen molar-refractivity contribution in [2.75, 3.05) is 18.4 Å². The summed E-state index contributed by atoms with van der Waals surface area (Å²) in [6, 6.07) is 4.87. The van der Waals surface area contributed by atoms with Crippen molar-refractivity contribution in [2.45, 2.75) is 45.1 Å². The van der Waals surface area contributed by atoms with Gasteiger partial charge in [0.15, 0.2) is 0 Å². The van der Waals surface area contributed by atoms with Crippen molar-refractivity contribution in [1.82, 2.24) is 10.3 Å². The number of aromatic nitrogens is 1. The van der Waals surface area contributed by atoms with Crippen LogP contribution in [0.25, 0.3) is 0 Å². The molecule has 0 amide bonds. The van der Waals surface area contributed by atoms with E-state index in [-0.39, 0.29) is 5.41 Å². The number of piperidine rings is 1. The number of anilines is 1. The van der Waals surface area contributed by atoms with E-state index in [2.05, 4.69) is 48.5 Å². The summed E-state index contributed by atoms with van der Waals surface area (Å²) in [7, 11) is 0. The Bertz CT molecular complexity index is 345. The molecule has 0 atom stereocenters. The molecule has 2 heterocycles. The van der Waals surface area contributed by atoms with Crippen LogP contribution in [0.4, 0.5) is 5.69 Å². The van der Waals surface area contributed by atoms with E-state index in [1.165, 1.54) is 12.8 Å². The quantitative estimate of drug-likeness (QED) is 0.824. The zero-order valence-electron chi connectivity index (χ0n) is 11.1. The lowest BCUT2D eigenvalue weighted by Crippen LogP contribution is -2.35. The first-order valence-electron chi connectivity index (χ1n) is 6.49. The molecule has 0 radical (unpaired) electrons. The fourth-order valence-electron chi connectivity index (χ4n) is 2.12. The Kier molecular flexibility index (Phi) is 3.67. The summed E-state index contributed by atoms with van der Waals surface area (Å²) in [5.41, 5.74) is 2.42. The van der Waals surface area contributed by atoms with E-state index in [0.29, 0.717) is 6.04 Å². The number of rotatable bonds is 2. The van der Waals surface area contributed by atoms with Gasteiger partial charge in [-0.15, -0.1) is 0 Å². The van der Waals surface area contributed by atoms with Crippen LogP contribution in [0.15, 0.2) is 18.3 Å². The highest BCUT2D eigenvalue weighted by atomic mass is 15.0. The molecule has 94 valence electrons. The summed E-state index contributed by atoms with van der Waals surface area (Å²) < 4.78 is 0. The molecule has 1 aliphatic heterocycles. The molecular weight excluding hydrogens is 210 g/mol. The zero-order valence-corrected chi connectivity index (χ0v) is 11.1. The molecule has 0 saturated carbocycles. The van der Waals surface area contributed by atoms with Gasteiger partial charge in [-0.2, -0.15) is 0 Å². The van der Waals surface area contributed by atoms with Gasteiger partial charge in [0.25, 0.3) is 0 Å². The molecule has 0 aromatic carbocycles. The minimum atomic E-state index is 0.132. The maximum Gasteiger partial charge on any atom is 0.0529 e. The van der Waals surface area contributed by atoms with E-state index in [1.54, 1.807) is 0 Å². The molecule has 0 bridgehead atoms. The Morgan fingerprint density at radius 3 is 2.47 bits per heavy atom. The van der Waals surface area contributed by atoms with Gasteiger partial charge in [-0.1, -0.05) is 20.8 Å².